The molecule has 0 aliphatic carbocycles. The summed E-state index contributed by atoms with van der Waals surface area (Å²) in [5.41, 5.74) is 1.96. The van der Waals surface area contributed by atoms with E-state index in [0.717, 1.165) is 11.9 Å². The Morgan fingerprint density at radius 1 is 1.30 bits per heavy atom. The van der Waals surface area contributed by atoms with E-state index < -0.39 is 5.82 Å². The van der Waals surface area contributed by atoms with E-state index in [-0.39, 0.29) is 17.4 Å². The monoisotopic (exact) mass is 270 g/mol. The van der Waals surface area contributed by atoms with E-state index in [1.807, 2.05) is 29.5 Å². The first kappa shape index (κ1) is 12.3. The van der Waals surface area contributed by atoms with Gasteiger partial charge in [-0.25, -0.2) is 14.4 Å². The van der Waals surface area contributed by atoms with Gasteiger partial charge in [0.15, 0.2) is 0 Å². The van der Waals surface area contributed by atoms with Crippen molar-refractivity contribution in [2.75, 3.05) is 5.32 Å². The van der Waals surface area contributed by atoms with Gasteiger partial charge in [-0.3, -0.25) is 4.79 Å². The van der Waals surface area contributed by atoms with Gasteiger partial charge in [0.1, 0.15) is 23.0 Å². The quantitative estimate of drug-likeness (QED) is 0.778. The molecule has 0 unspecified atom stereocenters. The van der Waals surface area contributed by atoms with Crippen molar-refractivity contribution in [3.63, 3.8) is 0 Å². The Balaban J connectivity index is 1.89. The molecule has 0 aromatic carbocycles. The van der Waals surface area contributed by atoms with Crippen LogP contribution in [-0.4, -0.2) is 20.3 Å². The number of halogens is 1. The molecule has 0 bridgehead atoms. The number of carbonyl (C=O) groups excluding carboxylic acids is 1. The van der Waals surface area contributed by atoms with Crippen LogP contribution in [0.15, 0.2) is 42.7 Å². The SMILES string of the molecule is Cc1cccc2nc(C(=O)Nc3ccc(F)cn3)cn12. The third-order valence-electron chi connectivity index (χ3n) is 2.90. The average Bonchev–Trinajstić information content (AvgIpc) is 2.87. The zero-order chi connectivity index (χ0) is 14.1. The molecule has 1 amide bonds. The molecule has 20 heavy (non-hydrogen) atoms. The summed E-state index contributed by atoms with van der Waals surface area (Å²) in [6, 6.07) is 8.25. The summed E-state index contributed by atoms with van der Waals surface area (Å²) >= 11 is 0. The van der Waals surface area contributed by atoms with Crippen LogP contribution in [0.2, 0.25) is 0 Å². The maximum atomic E-state index is 12.7. The number of carbonyl (C=O) groups is 1. The van der Waals surface area contributed by atoms with Gasteiger partial charge < -0.3 is 9.72 Å². The molecule has 0 saturated heterocycles. The minimum atomic E-state index is -0.452. The zero-order valence-corrected chi connectivity index (χ0v) is 10.7. The fraction of sp³-hybridized carbons (Fsp3) is 0.0714. The standard InChI is InChI=1S/C14H11FN4O/c1-9-3-2-4-13-17-11(8-19(9)13)14(20)18-12-6-5-10(15)7-16-12/h2-8H,1H3,(H,16,18,20). The van der Waals surface area contributed by atoms with Gasteiger partial charge >= 0.3 is 0 Å². The fourth-order valence-corrected chi connectivity index (χ4v) is 1.89. The summed E-state index contributed by atoms with van der Waals surface area (Å²) in [6.45, 7) is 1.93. The van der Waals surface area contributed by atoms with Crippen LogP contribution in [0.1, 0.15) is 16.2 Å². The van der Waals surface area contributed by atoms with Gasteiger partial charge in [-0.05, 0) is 31.2 Å². The molecule has 0 spiro atoms. The minimum Gasteiger partial charge on any atom is -0.305 e. The number of nitrogens with zero attached hydrogens (tertiary/aromatic N) is 3. The van der Waals surface area contributed by atoms with Crippen LogP contribution in [0.5, 0.6) is 0 Å². The first-order valence-electron chi connectivity index (χ1n) is 6.01. The highest BCUT2D eigenvalue weighted by atomic mass is 19.1. The third-order valence-corrected chi connectivity index (χ3v) is 2.90. The van der Waals surface area contributed by atoms with Crippen molar-refractivity contribution in [3.8, 4) is 0 Å². The van der Waals surface area contributed by atoms with Gasteiger partial charge in [0.05, 0.1) is 6.20 Å². The zero-order valence-electron chi connectivity index (χ0n) is 10.7. The van der Waals surface area contributed by atoms with Crippen LogP contribution in [-0.2, 0) is 0 Å². The Hall–Kier alpha value is -2.76. The van der Waals surface area contributed by atoms with Crippen molar-refractivity contribution in [1.82, 2.24) is 14.4 Å². The van der Waals surface area contributed by atoms with Crippen molar-refractivity contribution in [2.45, 2.75) is 6.92 Å². The predicted molar refractivity (Wildman–Crippen MR) is 72.1 cm³/mol. The van der Waals surface area contributed by atoms with Gasteiger partial charge in [0.25, 0.3) is 5.91 Å². The molecule has 5 nitrogen and oxygen atoms in total. The van der Waals surface area contributed by atoms with Gasteiger partial charge in [0, 0.05) is 11.9 Å². The molecule has 3 aromatic rings. The molecule has 3 heterocycles. The van der Waals surface area contributed by atoms with Crippen LogP contribution in [0.4, 0.5) is 10.2 Å². The summed E-state index contributed by atoms with van der Waals surface area (Å²) in [5, 5.41) is 2.57. The van der Waals surface area contributed by atoms with E-state index >= 15 is 0 Å². The molecule has 3 aromatic heterocycles. The third kappa shape index (κ3) is 2.23. The molecule has 0 aliphatic heterocycles. The molecule has 0 radical (unpaired) electrons. The Bertz CT molecular complexity index is 779. The molecule has 3 rings (SSSR count). The smallest absolute Gasteiger partial charge is 0.277 e. The Morgan fingerprint density at radius 3 is 2.85 bits per heavy atom. The van der Waals surface area contributed by atoms with E-state index in [4.69, 9.17) is 0 Å². The van der Waals surface area contributed by atoms with Gasteiger partial charge in [-0.1, -0.05) is 6.07 Å². The lowest BCUT2D eigenvalue weighted by Gasteiger charge is -2.00. The number of nitrogens with one attached hydrogen (secondary N) is 1. The Labute approximate surface area is 114 Å². The number of fused-ring (bicyclic) bond motifs is 1. The van der Waals surface area contributed by atoms with E-state index in [1.165, 1.54) is 12.1 Å². The average molecular weight is 270 g/mol. The number of anilines is 1. The Morgan fingerprint density at radius 2 is 2.15 bits per heavy atom. The molecule has 0 atom stereocenters. The number of aromatic nitrogens is 3. The van der Waals surface area contributed by atoms with E-state index in [2.05, 4.69) is 15.3 Å². The number of imidazole rings is 1. The van der Waals surface area contributed by atoms with Crippen LogP contribution >= 0.6 is 0 Å². The predicted octanol–water partition coefficient (Wildman–Crippen LogP) is 2.43. The lowest BCUT2D eigenvalue weighted by Crippen LogP contribution is -2.13. The molecular weight excluding hydrogens is 259 g/mol. The number of amides is 1. The fourth-order valence-electron chi connectivity index (χ4n) is 1.89. The highest BCUT2D eigenvalue weighted by Crippen LogP contribution is 2.10. The van der Waals surface area contributed by atoms with Crippen LogP contribution < -0.4 is 5.32 Å². The highest BCUT2D eigenvalue weighted by Gasteiger charge is 2.12. The summed E-state index contributed by atoms with van der Waals surface area (Å²) in [5.74, 6) is -0.552. The summed E-state index contributed by atoms with van der Waals surface area (Å²) in [7, 11) is 0. The number of hydrogen-bond donors (Lipinski definition) is 1. The van der Waals surface area contributed by atoms with E-state index in [9.17, 15) is 9.18 Å². The van der Waals surface area contributed by atoms with Gasteiger partial charge in [-0.2, -0.15) is 0 Å². The lowest BCUT2D eigenvalue weighted by molar-refractivity contribution is 0.102. The first-order chi connectivity index (χ1) is 9.63. The topological polar surface area (TPSA) is 59.3 Å². The van der Waals surface area contributed by atoms with Crippen LogP contribution in [0.25, 0.3) is 5.65 Å². The van der Waals surface area contributed by atoms with E-state index in [0.29, 0.717) is 5.65 Å². The second-order valence-electron chi connectivity index (χ2n) is 4.34. The number of pyridine rings is 2. The maximum Gasteiger partial charge on any atom is 0.277 e. The lowest BCUT2D eigenvalue weighted by atomic mass is 10.4. The van der Waals surface area contributed by atoms with E-state index in [1.54, 1.807) is 6.20 Å². The van der Waals surface area contributed by atoms with Crippen molar-refractivity contribution in [2.24, 2.45) is 0 Å². The highest BCUT2D eigenvalue weighted by molar-refractivity contribution is 6.02. The summed E-state index contributed by atoms with van der Waals surface area (Å²) in [6.07, 6.45) is 2.70. The molecule has 1 N–H and O–H groups in total. The van der Waals surface area contributed by atoms with Crippen molar-refractivity contribution in [3.05, 3.63) is 59.9 Å². The van der Waals surface area contributed by atoms with Crippen molar-refractivity contribution in [1.29, 1.82) is 0 Å². The maximum absolute atomic E-state index is 12.7. The summed E-state index contributed by atoms with van der Waals surface area (Å²) in [4.78, 5) is 20.1. The van der Waals surface area contributed by atoms with Crippen LogP contribution in [0.3, 0.4) is 0 Å². The molecule has 0 saturated carbocycles. The number of hydrogen-bond acceptors (Lipinski definition) is 3. The second-order valence-corrected chi connectivity index (χ2v) is 4.34. The van der Waals surface area contributed by atoms with Crippen LogP contribution in [0, 0.1) is 12.7 Å². The Kier molecular flexibility index (Phi) is 2.90. The normalized spacial score (nSPS) is 10.7. The first-order valence-corrected chi connectivity index (χ1v) is 6.01. The van der Waals surface area contributed by atoms with Gasteiger partial charge in [-0.15, -0.1) is 0 Å². The minimum absolute atomic E-state index is 0.283. The van der Waals surface area contributed by atoms with Crippen molar-refractivity contribution < 1.29 is 9.18 Å². The largest absolute Gasteiger partial charge is 0.305 e. The molecule has 0 aliphatic rings. The van der Waals surface area contributed by atoms with Crippen molar-refractivity contribution >= 4 is 17.4 Å². The van der Waals surface area contributed by atoms with Gasteiger partial charge in [0.2, 0.25) is 0 Å². The molecule has 100 valence electrons. The molecule has 6 heteroatoms. The second kappa shape index (κ2) is 4.73. The molecular formula is C14H11FN4O. The number of rotatable bonds is 2. The summed E-state index contributed by atoms with van der Waals surface area (Å²) < 4.78 is 14.6. The number of aryl methyl sites for hydroxylation is 1. The molecule has 0 fully saturated rings.